The molecule has 0 spiro atoms. The first kappa shape index (κ1) is 33.4. The third-order valence-corrected chi connectivity index (χ3v) is 10.3. The number of fused-ring (bicyclic) bond motifs is 3. The quantitative estimate of drug-likeness (QED) is 0.130. The molecule has 0 fully saturated rings. The van der Waals surface area contributed by atoms with Crippen molar-refractivity contribution in [3.8, 4) is 11.1 Å². The summed E-state index contributed by atoms with van der Waals surface area (Å²) in [7, 11) is 0. The minimum atomic E-state index is 1.02. The molecule has 0 heterocycles. The fraction of sp³-hybridized carbons (Fsp3) is 0.250. The zero-order chi connectivity index (χ0) is 34.5. The smallest absolute Gasteiger partial charge is 0.0464 e. The Bertz CT molecular complexity index is 1870. The number of anilines is 6. The van der Waals surface area contributed by atoms with E-state index in [0.29, 0.717) is 0 Å². The Morgan fingerprint density at radius 3 is 1.06 bits per heavy atom. The van der Waals surface area contributed by atoms with Gasteiger partial charge in [0.05, 0.1) is 0 Å². The topological polar surface area (TPSA) is 6.48 Å². The average Bonchev–Trinajstić information content (AvgIpc) is 3.15. The van der Waals surface area contributed by atoms with Crippen molar-refractivity contribution in [2.75, 3.05) is 9.80 Å². The van der Waals surface area contributed by atoms with Gasteiger partial charge in [-0.15, -0.1) is 0 Å². The first-order chi connectivity index (χ1) is 24.5. The van der Waals surface area contributed by atoms with Crippen molar-refractivity contribution in [3.05, 3.63) is 167 Å². The number of rotatable bonds is 12. The summed E-state index contributed by atoms with van der Waals surface area (Å²) in [5.74, 6) is 0. The van der Waals surface area contributed by atoms with E-state index in [1.165, 1.54) is 104 Å². The van der Waals surface area contributed by atoms with Crippen molar-refractivity contribution >= 4 is 34.1 Å². The van der Waals surface area contributed by atoms with Gasteiger partial charge in [-0.1, -0.05) is 98.5 Å². The molecule has 2 nitrogen and oxygen atoms in total. The first-order valence-corrected chi connectivity index (χ1v) is 18.7. The summed E-state index contributed by atoms with van der Waals surface area (Å²) in [5.41, 5.74) is 18.1. The van der Waals surface area contributed by atoms with E-state index in [0.717, 1.165) is 25.7 Å². The van der Waals surface area contributed by atoms with E-state index in [9.17, 15) is 0 Å². The molecule has 0 unspecified atom stereocenters. The molecular formula is C48H50N2. The number of unbranched alkanes of at least 4 members (excludes halogenated alkanes) is 2. The van der Waals surface area contributed by atoms with Crippen LogP contribution in [0.15, 0.2) is 133 Å². The van der Waals surface area contributed by atoms with Gasteiger partial charge in [0.15, 0.2) is 0 Å². The van der Waals surface area contributed by atoms with Gasteiger partial charge in [0.1, 0.15) is 0 Å². The molecule has 7 rings (SSSR count). The van der Waals surface area contributed by atoms with E-state index in [1.807, 2.05) is 0 Å². The van der Waals surface area contributed by atoms with Crippen LogP contribution in [0.3, 0.4) is 0 Å². The van der Waals surface area contributed by atoms with Gasteiger partial charge in [0.2, 0.25) is 0 Å². The van der Waals surface area contributed by atoms with Crippen LogP contribution < -0.4 is 9.80 Å². The maximum atomic E-state index is 2.43. The predicted octanol–water partition coefficient (Wildman–Crippen LogP) is 13.7. The molecule has 6 aromatic carbocycles. The third-order valence-electron chi connectivity index (χ3n) is 10.3. The first-order valence-electron chi connectivity index (χ1n) is 18.7. The fourth-order valence-corrected chi connectivity index (χ4v) is 7.31. The van der Waals surface area contributed by atoms with E-state index in [4.69, 9.17) is 0 Å². The molecule has 0 bridgehead atoms. The molecule has 0 saturated heterocycles. The molecule has 0 amide bonds. The largest absolute Gasteiger partial charge is 0.310 e. The molecule has 6 aromatic rings. The highest BCUT2D eigenvalue weighted by Gasteiger charge is 2.22. The lowest BCUT2D eigenvalue weighted by Gasteiger charge is -2.30. The summed E-state index contributed by atoms with van der Waals surface area (Å²) in [6.45, 7) is 8.83. The van der Waals surface area contributed by atoms with Crippen LogP contribution in [0.1, 0.15) is 72.9 Å². The summed E-state index contributed by atoms with van der Waals surface area (Å²) in [4.78, 5) is 4.82. The van der Waals surface area contributed by atoms with Crippen LogP contribution >= 0.6 is 0 Å². The van der Waals surface area contributed by atoms with Gasteiger partial charge in [0, 0.05) is 34.1 Å². The lowest BCUT2D eigenvalue weighted by atomic mass is 9.85. The number of aryl methyl sites for hydroxylation is 6. The zero-order valence-corrected chi connectivity index (χ0v) is 30.3. The maximum absolute atomic E-state index is 2.43. The second-order valence-electron chi connectivity index (χ2n) is 14.1. The second-order valence-corrected chi connectivity index (χ2v) is 14.1. The van der Waals surface area contributed by atoms with Crippen molar-refractivity contribution < 1.29 is 0 Å². The van der Waals surface area contributed by atoms with E-state index < -0.39 is 0 Å². The lowest BCUT2D eigenvalue weighted by Crippen LogP contribution is -2.13. The van der Waals surface area contributed by atoms with Crippen molar-refractivity contribution in [1.29, 1.82) is 0 Å². The zero-order valence-electron chi connectivity index (χ0n) is 30.3. The van der Waals surface area contributed by atoms with Crippen LogP contribution in [-0.4, -0.2) is 0 Å². The highest BCUT2D eigenvalue weighted by atomic mass is 15.1. The van der Waals surface area contributed by atoms with E-state index in [1.54, 1.807) is 0 Å². The van der Waals surface area contributed by atoms with Crippen LogP contribution in [0, 0.1) is 13.8 Å². The van der Waals surface area contributed by atoms with E-state index >= 15 is 0 Å². The summed E-state index contributed by atoms with van der Waals surface area (Å²) < 4.78 is 0. The molecule has 0 atom stereocenters. The van der Waals surface area contributed by atoms with Crippen LogP contribution in [0.2, 0.25) is 0 Å². The third kappa shape index (κ3) is 7.26. The Morgan fingerprint density at radius 1 is 0.400 bits per heavy atom. The van der Waals surface area contributed by atoms with Gasteiger partial charge < -0.3 is 9.80 Å². The van der Waals surface area contributed by atoms with Crippen LogP contribution in [0.4, 0.5) is 34.1 Å². The van der Waals surface area contributed by atoms with Crippen molar-refractivity contribution in [3.63, 3.8) is 0 Å². The van der Waals surface area contributed by atoms with Gasteiger partial charge >= 0.3 is 0 Å². The van der Waals surface area contributed by atoms with Crippen LogP contribution in [0.5, 0.6) is 0 Å². The Kier molecular flexibility index (Phi) is 10.2. The molecule has 0 N–H and O–H groups in total. The summed E-state index contributed by atoms with van der Waals surface area (Å²) in [6.07, 6.45) is 9.20. The number of nitrogens with zero attached hydrogens (tertiary/aromatic N) is 2. The molecule has 0 radical (unpaired) electrons. The lowest BCUT2D eigenvalue weighted by molar-refractivity contribution is 0.795. The molecule has 1 aliphatic rings. The number of benzene rings is 6. The summed E-state index contributed by atoms with van der Waals surface area (Å²) >= 11 is 0. The molecule has 0 saturated carbocycles. The Morgan fingerprint density at radius 2 is 0.720 bits per heavy atom. The van der Waals surface area contributed by atoms with E-state index in [-0.39, 0.29) is 0 Å². The van der Waals surface area contributed by atoms with Gasteiger partial charge in [0.25, 0.3) is 0 Å². The van der Waals surface area contributed by atoms with Gasteiger partial charge in [-0.2, -0.15) is 0 Å². The van der Waals surface area contributed by atoms with Crippen LogP contribution in [0.25, 0.3) is 11.1 Å². The normalized spacial score (nSPS) is 11.9. The molecule has 50 heavy (non-hydrogen) atoms. The van der Waals surface area contributed by atoms with Crippen molar-refractivity contribution in [1.82, 2.24) is 0 Å². The Hall–Kier alpha value is -5.08. The van der Waals surface area contributed by atoms with Gasteiger partial charge in [-0.3, -0.25) is 0 Å². The minimum Gasteiger partial charge on any atom is -0.310 e. The second kappa shape index (κ2) is 15.2. The molecule has 0 aliphatic heterocycles. The van der Waals surface area contributed by atoms with Gasteiger partial charge in [-0.25, -0.2) is 0 Å². The van der Waals surface area contributed by atoms with Crippen molar-refractivity contribution in [2.24, 2.45) is 0 Å². The van der Waals surface area contributed by atoms with E-state index in [2.05, 4.69) is 171 Å². The fourth-order valence-electron chi connectivity index (χ4n) is 7.31. The standard InChI is InChI=1S/C48H50N2/c1-5-7-9-37-15-25-43(26-16-37)49(41-21-11-35(3)12-22-41)45-29-31-47-39(33-45)19-20-40-34-46(30-32-48(40)47)50(42-23-13-36(4)14-24-42)44-27-17-38(18-28-44)10-8-6-2/h11-18,21-34H,5-10,19-20H2,1-4H3. The number of hydrogen-bond donors (Lipinski definition) is 0. The predicted molar refractivity (Wildman–Crippen MR) is 215 cm³/mol. The highest BCUT2D eigenvalue weighted by molar-refractivity contribution is 5.84. The Balaban J connectivity index is 1.23. The monoisotopic (exact) mass is 654 g/mol. The average molecular weight is 655 g/mol. The van der Waals surface area contributed by atoms with Crippen molar-refractivity contribution in [2.45, 2.75) is 79.1 Å². The number of hydrogen-bond acceptors (Lipinski definition) is 2. The molecule has 252 valence electrons. The molecule has 2 heteroatoms. The van der Waals surface area contributed by atoms with Gasteiger partial charge in [-0.05, 0) is 159 Å². The summed E-state index contributed by atoms with van der Waals surface area (Å²) in [6, 6.07) is 50.4. The molecular weight excluding hydrogens is 605 g/mol. The minimum absolute atomic E-state index is 1.02. The highest BCUT2D eigenvalue weighted by Crippen LogP contribution is 2.43. The SMILES string of the molecule is CCCCc1ccc(N(c2ccc(C)cc2)c2ccc3c(c2)CCc2cc(N(c4ccc(C)cc4)c4ccc(CCCC)cc4)ccc2-3)cc1. The van der Waals surface area contributed by atoms with Crippen LogP contribution in [-0.2, 0) is 25.7 Å². The maximum Gasteiger partial charge on any atom is 0.0464 e. The summed E-state index contributed by atoms with van der Waals surface area (Å²) in [5, 5.41) is 0. The molecule has 1 aliphatic carbocycles. The molecule has 0 aromatic heterocycles. The Labute approximate surface area is 300 Å².